The smallest absolute Gasteiger partial charge is 0.251 e. The first kappa shape index (κ1) is 17.0. The molecule has 2 aliphatic rings. The molecule has 2 heterocycles. The van der Waals surface area contributed by atoms with Crippen LogP contribution in [0.5, 0.6) is 0 Å². The van der Waals surface area contributed by atoms with Gasteiger partial charge in [-0.2, -0.15) is 0 Å². The van der Waals surface area contributed by atoms with E-state index in [1.165, 1.54) is 11.6 Å². The zero-order valence-electron chi connectivity index (χ0n) is 14.9. The molecule has 26 heavy (non-hydrogen) atoms. The first-order valence-electron chi connectivity index (χ1n) is 9.34. The summed E-state index contributed by atoms with van der Waals surface area (Å²) < 4.78 is 7.48. The zero-order chi connectivity index (χ0) is 18.1. The Labute approximate surface area is 153 Å². The molecule has 5 nitrogen and oxygen atoms in total. The van der Waals surface area contributed by atoms with Crippen molar-refractivity contribution in [1.29, 1.82) is 0 Å². The van der Waals surface area contributed by atoms with Crippen LogP contribution in [-0.2, 0) is 17.7 Å². The summed E-state index contributed by atoms with van der Waals surface area (Å²) in [7, 11) is 0. The molecule has 2 fully saturated rings. The number of carbonyl (C=O) groups excluding carboxylic acids is 1. The second kappa shape index (κ2) is 7.08. The van der Waals surface area contributed by atoms with Crippen LogP contribution in [0, 0.1) is 11.8 Å². The summed E-state index contributed by atoms with van der Waals surface area (Å²) >= 11 is 0. The Morgan fingerprint density at radius 1 is 1.27 bits per heavy atom. The Bertz CT molecular complexity index is 846. The number of ether oxygens (including phenoxy) is 1. The number of fused-ring (bicyclic) bond motifs is 1. The van der Waals surface area contributed by atoms with Gasteiger partial charge in [-0.1, -0.05) is 30.3 Å². The maximum atomic E-state index is 12.7. The number of nitrogens with zero attached hydrogens (tertiary/aromatic N) is 1. The van der Waals surface area contributed by atoms with Gasteiger partial charge in [-0.05, 0) is 31.4 Å². The molecular weight excluding hydrogens is 328 g/mol. The Morgan fingerprint density at radius 2 is 2.08 bits per heavy atom. The molecule has 5 heteroatoms. The summed E-state index contributed by atoms with van der Waals surface area (Å²) in [6.45, 7) is 3.27. The van der Waals surface area contributed by atoms with E-state index in [-0.39, 0.29) is 29.5 Å². The molecule has 0 bridgehead atoms. The minimum absolute atomic E-state index is 0.101. The Morgan fingerprint density at radius 3 is 2.81 bits per heavy atom. The van der Waals surface area contributed by atoms with Crippen molar-refractivity contribution in [3.05, 3.63) is 70.1 Å². The number of nitrogens with one attached hydrogen (secondary N) is 1. The second-order valence-corrected chi connectivity index (χ2v) is 7.18. The third-order valence-corrected chi connectivity index (χ3v) is 5.74. The summed E-state index contributed by atoms with van der Waals surface area (Å²) in [6, 6.07) is 13.6. The van der Waals surface area contributed by atoms with E-state index in [9.17, 15) is 9.59 Å². The molecule has 1 N–H and O–H groups in total. The Kier molecular flexibility index (Phi) is 4.64. The van der Waals surface area contributed by atoms with Crippen LogP contribution in [0.2, 0.25) is 0 Å². The third kappa shape index (κ3) is 3.07. The highest BCUT2D eigenvalue weighted by molar-refractivity contribution is 5.94. The molecule has 1 aromatic carbocycles. The van der Waals surface area contributed by atoms with Crippen LogP contribution >= 0.6 is 0 Å². The molecule has 0 radical (unpaired) electrons. The summed E-state index contributed by atoms with van der Waals surface area (Å²) in [4.78, 5) is 24.7. The molecule has 0 unspecified atom stereocenters. The van der Waals surface area contributed by atoms with Gasteiger partial charge in [0.15, 0.2) is 0 Å². The predicted octanol–water partition coefficient (Wildman–Crippen LogP) is 2.24. The van der Waals surface area contributed by atoms with E-state index >= 15 is 0 Å². The van der Waals surface area contributed by atoms with E-state index in [2.05, 4.69) is 17.4 Å². The van der Waals surface area contributed by atoms with Crippen LogP contribution in [-0.4, -0.2) is 29.2 Å². The molecule has 1 saturated heterocycles. The van der Waals surface area contributed by atoms with Gasteiger partial charge in [0, 0.05) is 48.9 Å². The average Bonchev–Trinajstić information content (AvgIpc) is 3.09. The Hall–Kier alpha value is -2.40. The van der Waals surface area contributed by atoms with Crippen molar-refractivity contribution in [3.8, 4) is 0 Å². The monoisotopic (exact) mass is 352 g/mol. The van der Waals surface area contributed by atoms with Crippen LogP contribution in [0.1, 0.15) is 29.3 Å². The molecule has 1 saturated carbocycles. The highest BCUT2D eigenvalue weighted by Crippen LogP contribution is 2.45. The summed E-state index contributed by atoms with van der Waals surface area (Å²) in [5.74, 6) is 0.493. The van der Waals surface area contributed by atoms with E-state index in [1.54, 1.807) is 16.8 Å². The quantitative estimate of drug-likeness (QED) is 0.898. The summed E-state index contributed by atoms with van der Waals surface area (Å²) in [6.07, 6.45) is 3.79. The third-order valence-electron chi connectivity index (χ3n) is 5.74. The van der Waals surface area contributed by atoms with E-state index in [1.807, 2.05) is 25.1 Å². The molecule has 4 atom stereocenters. The second-order valence-electron chi connectivity index (χ2n) is 7.18. The number of rotatable bonds is 5. The van der Waals surface area contributed by atoms with Gasteiger partial charge >= 0.3 is 0 Å². The fourth-order valence-electron chi connectivity index (χ4n) is 4.32. The first-order valence-corrected chi connectivity index (χ1v) is 9.34. The molecule has 1 aromatic heterocycles. The topological polar surface area (TPSA) is 60.3 Å². The Balaban J connectivity index is 1.49. The van der Waals surface area contributed by atoms with Gasteiger partial charge in [0.2, 0.25) is 0 Å². The predicted molar refractivity (Wildman–Crippen MR) is 99.1 cm³/mol. The molecule has 2 aromatic rings. The van der Waals surface area contributed by atoms with Crippen molar-refractivity contribution in [3.63, 3.8) is 0 Å². The lowest BCUT2D eigenvalue weighted by Crippen LogP contribution is -2.62. The standard InChI is InChI=1S/C21H24N2O3/c1-2-23-10-8-15(13-18(23)24)21(25)22-19-16-9-11-26-20(16)17(19)12-14-6-4-3-5-7-14/h3-8,10,13,16-17,19-20H,2,9,11-12H2,1H3,(H,22,25)/t16-,17+,19-,20-/m0/s1. The highest BCUT2D eigenvalue weighted by atomic mass is 16.5. The van der Waals surface area contributed by atoms with Crippen molar-refractivity contribution in [1.82, 2.24) is 9.88 Å². The fraction of sp³-hybridized carbons (Fsp3) is 0.429. The first-order chi connectivity index (χ1) is 12.7. The normalized spacial score (nSPS) is 26.8. The number of hydrogen-bond acceptors (Lipinski definition) is 3. The van der Waals surface area contributed by atoms with Crippen LogP contribution in [0.4, 0.5) is 0 Å². The molecule has 4 rings (SSSR count). The van der Waals surface area contributed by atoms with E-state index in [4.69, 9.17) is 4.74 Å². The number of pyridine rings is 1. The van der Waals surface area contributed by atoms with Crippen molar-refractivity contribution >= 4 is 5.91 Å². The lowest BCUT2D eigenvalue weighted by molar-refractivity contribution is -0.0528. The number of aromatic nitrogens is 1. The lowest BCUT2D eigenvalue weighted by atomic mass is 9.64. The van der Waals surface area contributed by atoms with E-state index < -0.39 is 0 Å². The molecule has 1 aliphatic heterocycles. The number of hydrogen-bond donors (Lipinski definition) is 1. The fourth-order valence-corrected chi connectivity index (χ4v) is 4.32. The van der Waals surface area contributed by atoms with Gasteiger partial charge in [-0.15, -0.1) is 0 Å². The molecule has 1 amide bonds. The van der Waals surface area contributed by atoms with Gasteiger partial charge in [-0.3, -0.25) is 9.59 Å². The SMILES string of the molecule is CCn1ccc(C(=O)N[C@@H]2[C@@H](Cc3ccccc3)[C@H]3OCC[C@@H]23)cc1=O. The van der Waals surface area contributed by atoms with Crippen molar-refractivity contribution in [2.75, 3.05) is 6.61 Å². The lowest BCUT2D eigenvalue weighted by Gasteiger charge is -2.48. The zero-order valence-corrected chi connectivity index (χ0v) is 14.9. The van der Waals surface area contributed by atoms with Crippen LogP contribution in [0.3, 0.4) is 0 Å². The molecule has 0 spiro atoms. The van der Waals surface area contributed by atoms with Gasteiger partial charge in [-0.25, -0.2) is 0 Å². The minimum atomic E-state index is -0.168. The number of amides is 1. The van der Waals surface area contributed by atoms with Crippen molar-refractivity contribution < 1.29 is 9.53 Å². The largest absolute Gasteiger partial charge is 0.377 e. The highest BCUT2D eigenvalue weighted by Gasteiger charge is 2.54. The molecule has 136 valence electrons. The number of aryl methyl sites for hydroxylation is 1. The minimum Gasteiger partial charge on any atom is -0.377 e. The maximum absolute atomic E-state index is 12.7. The summed E-state index contributed by atoms with van der Waals surface area (Å²) in [5.41, 5.74) is 1.55. The molecule has 1 aliphatic carbocycles. The molecular formula is C21H24N2O3. The van der Waals surface area contributed by atoms with Crippen molar-refractivity contribution in [2.24, 2.45) is 11.8 Å². The van der Waals surface area contributed by atoms with Crippen LogP contribution in [0.25, 0.3) is 0 Å². The van der Waals surface area contributed by atoms with Gasteiger partial charge in [0.05, 0.1) is 6.10 Å². The van der Waals surface area contributed by atoms with Crippen LogP contribution in [0.15, 0.2) is 53.5 Å². The number of carbonyl (C=O) groups is 1. The van der Waals surface area contributed by atoms with Crippen LogP contribution < -0.4 is 10.9 Å². The van der Waals surface area contributed by atoms with E-state index in [0.29, 0.717) is 18.0 Å². The van der Waals surface area contributed by atoms with E-state index in [0.717, 1.165) is 19.4 Å². The van der Waals surface area contributed by atoms with Crippen molar-refractivity contribution in [2.45, 2.75) is 38.5 Å². The van der Waals surface area contributed by atoms with Gasteiger partial charge in [0.25, 0.3) is 11.5 Å². The van der Waals surface area contributed by atoms with Gasteiger partial charge < -0.3 is 14.6 Å². The maximum Gasteiger partial charge on any atom is 0.251 e. The summed E-state index contributed by atoms with van der Waals surface area (Å²) in [5, 5.41) is 3.17. The number of benzene rings is 1. The average molecular weight is 352 g/mol. The van der Waals surface area contributed by atoms with Gasteiger partial charge in [0.1, 0.15) is 0 Å².